The van der Waals surface area contributed by atoms with Crippen molar-refractivity contribution in [2.24, 2.45) is 0 Å². The van der Waals surface area contributed by atoms with E-state index in [1.165, 1.54) is 19.3 Å². The SMILES string of the molecule is Cc1oc(-c2cccs2)nc1CN1CCCCC1CCO. The molecule has 1 aliphatic rings. The van der Waals surface area contributed by atoms with Crippen molar-refractivity contribution >= 4 is 11.3 Å². The van der Waals surface area contributed by atoms with E-state index in [1.54, 1.807) is 11.3 Å². The van der Waals surface area contributed by atoms with E-state index in [4.69, 9.17) is 4.42 Å². The minimum Gasteiger partial charge on any atom is -0.440 e. The Morgan fingerprint density at radius 1 is 1.48 bits per heavy atom. The number of thiophene rings is 1. The fourth-order valence-corrected chi connectivity index (χ4v) is 3.67. The summed E-state index contributed by atoms with van der Waals surface area (Å²) in [5, 5.41) is 11.3. The first-order valence-electron chi connectivity index (χ1n) is 7.63. The molecule has 0 spiro atoms. The van der Waals surface area contributed by atoms with Crippen LogP contribution in [0, 0.1) is 6.92 Å². The number of aromatic nitrogens is 1. The van der Waals surface area contributed by atoms with E-state index in [0.717, 1.165) is 41.7 Å². The zero-order chi connectivity index (χ0) is 14.7. The van der Waals surface area contributed by atoms with Gasteiger partial charge in [0.2, 0.25) is 5.89 Å². The normalized spacial score (nSPS) is 20.0. The second kappa shape index (κ2) is 6.73. The van der Waals surface area contributed by atoms with E-state index < -0.39 is 0 Å². The minimum atomic E-state index is 0.263. The Kier molecular flexibility index (Phi) is 4.73. The van der Waals surface area contributed by atoms with E-state index in [-0.39, 0.29) is 6.61 Å². The van der Waals surface area contributed by atoms with E-state index in [0.29, 0.717) is 6.04 Å². The van der Waals surface area contributed by atoms with Gasteiger partial charge in [-0.3, -0.25) is 4.90 Å². The topological polar surface area (TPSA) is 49.5 Å². The molecule has 21 heavy (non-hydrogen) atoms. The van der Waals surface area contributed by atoms with Gasteiger partial charge in [0.15, 0.2) is 0 Å². The molecule has 1 unspecified atom stereocenters. The van der Waals surface area contributed by atoms with Gasteiger partial charge in [0.05, 0.1) is 10.6 Å². The highest BCUT2D eigenvalue weighted by Gasteiger charge is 2.24. The van der Waals surface area contributed by atoms with Crippen molar-refractivity contribution in [1.82, 2.24) is 9.88 Å². The Morgan fingerprint density at radius 2 is 2.38 bits per heavy atom. The fraction of sp³-hybridized carbons (Fsp3) is 0.562. The van der Waals surface area contributed by atoms with Crippen molar-refractivity contribution in [3.8, 4) is 10.8 Å². The van der Waals surface area contributed by atoms with Crippen molar-refractivity contribution < 1.29 is 9.52 Å². The number of rotatable bonds is 5. The number of aryl methyl sites for hydroxylation is 1. The zero-order valence-electron chi connectivity index (χ0n) is 12.4. The van der Waals surface area contributed by atoms with Crippen LogP contribution < -0.4 is 0 Å². The van der Waals surface area contributed by atoms with Gasteiger partial charge in [0.1, 0.15) is 5.76 Å². The highest BCUT2D eigenvalue weighted by molar-refractivity contribution is 7.13. The molecule has 0 saturated carbocycles. The van der Waals surface area contributed by atoms with E-state index in [1.807, 2.05) is 24.4 Å². The summed E-state index contributed by atoms with van der Waals surface area (Å²) in [6.45, 7) is 4.17. The number of aliphatic hydroxyl groups excluding tert-OH is 1. The molecular formula is C16H22N2O2S. The number of piperidine rings is 1. The number of aliphatic hydroxyl groups is 1. The van der Waals surface area contributed by atoms with E-state index in [9.17, 15) is 5.11 Å². The third-order valence-corrected chi connectivity index (χ3v) is 5.05. The summed E-state index contributed by atoms with van der Waals surface area (Å²) in [6, 6.07) is 4.53. The summed E-state index contributed by atoms with van der Waals surface area (Å²) >= 11 is 1.65. The van der Waals surface area contributed by atoms with Gasteiger partial charge in [-0.2, -0.15) is 0 Å². The van der Waals surface area contributed by atoms with Gasteiger partial charge < -0.3 is 9.52 Å². The molecule has 2 aromatic rings. The zero-order valence-corrected chi connectivity index (χ0v) is 13.2. The molecule has 1 fully saturated rings. The summed E-state index contributed by atoms with van der Waals surface area (Å²) in [6.07, 6.45) is 4.53. The van der Waals surface area contributed by atoms with Crippen molar-refractivity contribution in [3.05, 3.63) is 29.0 Å². The van der Waals surface area contributed by atoms with Crippen LogP contribution in [0.25, 0.3) is 10.8 Å². The lowest BCUT2D eigenvalue weighted by Gasteiger charge is -2.35. The molecule has 3 heterocycles. The first-order chi connectivity index (χ1) is 10.3. The molecule has 1 aliphatic heterocycles. The molecule has 0 bridgehead atoms. The molecular weight excluding hydrogens is 284 g/mol. The van der Waals surface area contributed by atoms with Gasteiger partial charge in [-0.25, -0.2) is 4.98 Å². The molecule has 1 atom stereocenters. The molecule has 2 aromatic heterocycles. The Hall–Kier alpha value is -1.17. The molecule has 4 nitrogen and oxygen atoms in total. The number of nitrogens with zero attached hydrogens (tertiary/aromatic N) is 2. The monoisotopic (exact) mass is 306 g/mol. The minimum absolute atomic E-state index is 0.263. The molecule has 5 heteroatoms. The quantitative estimate of drug-likeness (QED) is 0.919. The molecule has 0 amide bonds. The molecule has 3 rings (SSSR count). The maximum Gasteiger partial charge on any atom is 0.236 e. The van der Waals surface area contributed by atoms with Gasteiger partial charge in [-0.05, 0) is 44.2 Å². The van der Waals surface area contributed by atoms with Crippen LogP contribution in [0.15, 0.2) is 21.9 Å². The Morgan fingerprint density at radius 3 is 3.14 bits per heavy atom. The number of hydrogen-bond acceptors (Lipinski definition) is 5. The smallest absolute Gasteiger partial charge is 0.236 e. The van der Waals surface area contributed by atoms with Crippen molar-refractivity contribution in [2.75, 3.05) is 13.2 Å². The van der Waals surface area contributed by atoms with Crippen LogP contribution >= 0.6 is 11.3 Å². The molecule has 0 radical (unpaired) electrons. The number of hydrogen-bond donors (Lipinski definition) is 1. The summed E-state index contributed by atoms with van der Waals surface area (Å²) in [5.74, 6) is 1.64. The summed E-state index contributed by atoms with van der Waals surface area (Å²) in [7, 11) is 0. The first-order valence-corrected chi connectivity index (χ1v) is 8.51. The van der Waals surface area contributed by atoms with Gasteiger partial charge in [0.25, 0.3) is 0 Å². The van der Waals surface area contributed by atoms with Crippen LogP contribution in [0.4, 0.5) is 0 Å². The average Bonchev–Trinajstić information content (AvgIpc) is 3.12. The number of oxazole rings is 1. The van der Waals surface area contributed by atoms with Crippen molar-refractivity contribution in [1.29, 1.82) is 0 Å². The van der Waals surface area contributed by atoms with Crippen LogP contribution in [0.1, 0.15) is 37.1 Å². The van der Waals surface area contributed by atoms with Gasteiger partial charge >= 0.3 is 0 Å². The van der Waals surface area contributed by atoms with Gasteiger partial charge in [-0.1, -0.05) is 12.5 Å². The van der Waals surface area contributed by atoms with Crippen molar-refractivity contribution in [2.45, 2.75) is 45.2 Å². The molecule has 1 N–H and O–H groups in total. The second-order valence-corrected chi connectivity index (χ2v) is 6.58. The van der Waals surface area contributed by atoms with Crippen LogP contribution in [0.5, 0.6) is 0 Å². The molecule has 1 saturated heterocycles. The predicted octanol–water partition coefficient (Wildman–Crippen LogP) is 3.45. The highest BCUT2D eigenvalue weighted by atomic mass is 32.1. The third-order valence-electron chi connectivity index (χ3n) is 4.19. The molecule has 114 valence electrons. The average molecular weight is 306 g/mol. The standard InChI is InChI=1S/C16H22N2O2S/c1-12-14(17-16(20-12)15-6-4-10-21-15)11-18-8-3-2-5-13(18)7-9-19/h4,6,10,13,19H,2-3,5,7-9,11H2,1H3. The van der Waals surface area contributed by atoms with Crippen LogP contribution in [-0.2, 0) is 6.54 Å². The highest BCUT2D eigenvalue weighted by Crippen LogP contribution is 2.28. The Bertz CT molecular complexity index is 563. The lowest BCUT2D eigenvalue weighted by atomic mass is 9.99. The summed E-state index contributed by atoms with van der Waals surface area (Å²) in [5.41, 5.74) is 1.03. The van der Waals surface area contributed by atoms with E-state index in [2.05, 4.69) is 9.88 Å². The molecule has 0 aromatic carbocycles. The van der Waals surface area contributed by atoms with Gasteiger partial charge in [0, 0.05) is 19.2 Å². The Balaban J connectivity index is 1.74. The van der Waals surface area contributed by atoms with Crippen LogP contribution in [0.2, 0.25) is 0 Å². The largest absolute Gasteiger partial charge is 0.440 e. The van der Waals surface area contributed by atoms with Gasteiger partial charge in [-0.15, -0.1) is 11.3 Å². The third kappa shape index (κ3) is 3.36. The maximum absolute atomic E-state index is 9.23. The first kappa shape index (κ1) is 14.8. The number of likely N-dealkylation sites (tertiary alicyclic amines) is 1. The maximum atomic E-state index is 9.23. The lowest BCUT2D eigenvalue weighted by Crippen LogP contribution is -2.39. The van der Waals surface area contributed by atoms with Crippen LogP contribution in [-0.4, -0.2) is 34.2 Å². The Labute approximate surface area is 129 Å². The summed E-state index contributed by atoms with van der Waals surface area (Å²) in [4.78, 5) is 8.21. The summed E-state index contributed by atoms with van der Waals surface area (Å²) < 4.78 is 5.82. The van der Waals surface area contributed by atoms with E-state index >= 15 is 0 Å². The van der Waals surface area contributed by atoms with Crippen LogP contribution in [0.3, 0.4) is 0 Å². The van der Waals surface area contributed by atoms with Crippen molar-refractivity contribution in [3.63, 3.8) is 0 Å². The predicted molar refractivity (Wildman–Crippen MR) is 84.3 cm³/mol. The lowest BCUT2D eigenvalue weighted by molar-refractivity contribution is 0.111. The molecule has 0 aliphatic carbocycles. The second-order valence-electron chi connectivity index (χ2n) is 5.63. The fourth-order valence-electron chi connectivity index (χ4n) is 3.02.